The van der Waals surface area contributed by atoms with Crippen molar-refractivity contribution in [3.05, 3.63) is 17.9 Å². The number of sulfonamides is 1. The molecular weight excluding hydrogens is 292 g/mol. The number of furan rings is 1. The highest BCUT2D eigenvalue weighted by atomic mass is 32.2. The van der Waals surface area contributed by atoms with Crippen molar-refractivity contribution in [3.63, 3.8) is 0 Å². The number of hydrogen-bond donors (Lipinski definition) is 2. The molecule has 6 nitrogen and oxygen atoms in total. The Balaban J connectivity index is 1.98. The Hall–Kier alpha value is -0.890. The van der Waals surface area contributed by atoms with Gasteiger partial charge in [0.05, 0.1) is 13.2 Å². The Bertz CT molecular complexity index is 547. The van der Waals surface area contributed by atoms with E-state index in [9.17, 15) is 8.42 Å². The first-order valence-corrected chi connectivity index (χ1v) is 8.79. The number of nitrogens with one attached hydrogen (secondary N) is 2. The maximum atomic E-state index is 12.3. The monoisotopic (exact) mass is 316 g/mol. The van der Waals surface area contributed by atoms with Crippen LogP contribution in [-0.2, 0) is 21.3 Å². The van der Waals surface area contributed by atoms with Gasteiger partial charge in [-0.15, -0.1) is 0 Å². The summed E-state index contributed by atoms with van der Waals surface area (Å²) in [6, 6.07) is 3.33. The van der Waals surface area contributed by atoms with Crippen molar-refractivity contribution in [2.24, 2.45) is 5.92 Å². The molecule has 21 heavy (non-hydrogen) atoms. The van der Waals surface area contributed by atoms with Gasteiger partial charge in [-0.25, -0.2) is 13.1 Å². The van der Waals surface area contributed by atoms with Gasteiger partial charge in [0, 0.05) is 24.6 Å². The predicted molar refractivity (Wildman–Crippen MR) is 79.4 cm³/mol. The molecular formula is C14H24N2O4S. The standard InChI is InChI=1S/C14H24N2O4S/c1-10(2)15-8-13-4-5-14(20-13)21(17,18)16-11(3)12-6-7-19-9-12/h4-5,10-12,15-16H,6-9H2,1-3H3. The van der Waals surface area contributed by atoms with Gasteiger partial charge in [0.15, 0.2) is 0 Å². The third-order valence-electron chi connectivity index (χ3n) is 3.60. The summed E-state index contributed by atoms with van der Waals surface area (Å²) in [7, 11) is -3.61. The van der Waals surface area contributed by atoms with Crippen molar-refractivity contribution >= 4 is 10.0 Å². The molecule has 1 aromatic rings. The molecule has 0 aromatic carbocycles. The topological polar surface area (TPSA) is 80.6 Å². The molecule has 0 bridgehead atoms. The van der Waals surface area contributed by atoms with E-state index in [4.69, 9.17) is 9.15 Å². The minimum Gasteiger partial charge on any atom is -0.447 e. The van der Waals surface area contributed by atoms with E-state index >= 15 is 0 Å². The molecule has 120 valence electrons. The average molecular weight is 316 g/mol. The highest BCUT2D eigenvalue weighted by molar-refractivity contribution is 7.89. The van der Waals surface area contributed by atoms with Crippen LogP contribution in [0.4, 0.5) is 0 Å². The third kappa shape index (κ3) is 4.54. The van der Waals surface area contributed by atoms with Gasteiger partial charge in [0.1, 0.15) is 5.76 Å². The summed E-state index contributed by atoms with van der Waals surface area (Å²) in [6.45, 7) is 7.72. The van der Waals surface area contributed by atoms with Crippen molar-refractivity contribution in [2.45, 2.75) is 50.9 Å². The zero-order valence-corrected chi connectivity index (χ0v) is 13.6. The van der Waals surface area contributed by atoms with Crippen LogP contribution in [0.15, 0.2) is 21.6 Å². The van der Waals surface area contributed by atoms with Gasteiger partial charge < -0.3 is 14.5 Å². The van der Waals surface area contributed by atoms with Crippen LogP contribution in [0.2, 0.25) is 0 Å². The maximum absolute atomic E-state index is 12.3. The van der Waals surface area contributed by atoms with Gasteiger partial charge in [0.25, 0.3) is 10.0 Å². The fraction of sp³-hybridized carbons (Fsp3) is 0.714. The van der Waals surface area contributed by atoms with Crippen molar-refractivity contribution in [1.29, 1.82) is 0 Å². The van der Waals surface area contributed by atoms with Crippen LogP contribution in [0.25, 0.3) is 0 Å². The van der Waals surface area contributed by atoms with Gasteiger partial charge in [-0.3, -0.25) is 0 Å². The highest BCUT2D eigenvalue weighted by Gasteiger charge is 2.28. The molecule has 1 fully saturated rings. The molecule has 1 aliphatic heterocycles. The summed E-state index contributed by atoms with van der Waals surface area (Å²) in [6.07, 6.45) is 0.880. The average Bonchev–Trinajstić information content (AvgIpc) is 3.07. The molecule has 2 atom stereocenters. The van der Waals surface area contributed by atoms with E-state index < -0.39 is 10.0 Å². The summed E-state index contributed by atoms with van der Waals surface area (Å²) in [5.41, 5.74) is 0. The maximum Gasteiger partial charge on any atom is 0.274 e. The molecule has 2 N–H and O–H groups in total. The summed E-state index contributed by atoms with van der Waals surface area (Å²) in [4.78, 5) is 0. The minimum absolute atomic E-state index is 0.0335. The van der Waals surface area contributed by atoms with Crippen molar-refractivity contribution in [3.8, 4) is 0 Å². The number of hydrogen-bond acceptors (Lipinski definition) is 5. The van der Waals surface area contributed by atoms with E-state index in [0.29, 0.717) is 31.6 Å². The van der Waals surface area contributed by atoms with Crippen molar-refractivity contribution < 1.29 is 17.6 Å². The Morgan fingerprint density at radius 1 is 1.33 bits per heavy atom. The van der Waals surface area contributed by atoms with Crippen LogP contribution in [0.1, 0.15) is 33.0 Å². The molecule has 2 rings (SSSR count). The zero-order chi connectivity index (χ0) is 15.5. The second kappa shape index (κ2) is 6.91. The SMILES string of the molecule is CC(C)NCc1ccc(S(=O)(=O)NC(C)C2CCOC2)o1. The molecule has 7 heteroatoms. The fourth-order valence-electron chi connectivity index (χ4n) is 2.25. The van der Waals surface area contributed by atoms with E-state index in [0.717, 1.165) is 6.42 Å². The Morgan fingerprint density at radius 2 is 2.10 bits per heavy atom. The molecule has 1 aliphatic rings. The van der Waals surface area contributed by atoms with Crippen LogP contribution in [0, 0.1) is 5.92 Å². The molecule has 0 radical (unpaired) electrons. The molecule has 0 spiro atoms. The van der Waals surface area contributed by atoms with Crippen LogP contribution in [-0.4, -0.2) is 33.7 Å². The second-order valence-electron chi connectivity index (χ2n) is 5.79. The summed E-state index contributed by atoms with van der Waals surface area (Å²) >= 11 is 0. The van der Waals surface area contributed by atoms with Crippen LogP contribution in [0.3, 0.4) is 0 Å². The van der Waals surface area contributed by atoms with Crippen LogP contribution >= 0.6 is 0 Å². The van der Waals surface area contributed by atoms with E-state index in [1.165, 1.54) is 6.07 Å². The summed E-state index contributed by atoms with van der Waals surface area (Å²) < 4.78 is 37.9. The lowest BCUT2D eigenvalue weighted by molar-refractivity contribution is 0.180. The predicted octanol–water partition coefficient (Wildman–Crippen LogP) is 1.48. The fourth-order valence-corrected chi connectivity index (χ4v) is 3.51. The van der Waals surface area contributed by atoms with Gasteiger partial charge in [0.2, 0.25) is 5.09 Å². The lowest BCUT2D eigenvalue weighted by Crippen LogP contribution is -2.38. The first-order valence-electron chi connectivity index (χ1n) is 7.30. The van der Waals surface area contributed by atoms with Crippen molar-refractivity contribution in [2.75, 3.05) is 13.2 Å². The Labute approximate surface area is 126 Å². The van der Waals surface area contributed by atoms with Crippen molar-refractivity contribution in [1.82, 2.24) is 10.0 Å². The van der Waals surface area contributed by atoms with Gasteiger partial charge >= 0.3 is 0 Å². The first kappa shape index (κ1) is 16.5. The highest BCUT2D eigenvalue weighted by Crippen LogP contribution is 2.20. The number of ether oxygens (including phenoxy) is 1. The first-order chi connectivity index (χ1) is 9.88. The largest absolute Gasteiger partial charge is 0.447 e. The van der Waals surface area contributed by atoms with Gasteiger partial charge in [-0.2, -0.15) is 0 Å². The van der Waals surface area contributed by atoms with Crippen LogP contribution < -0.4 is 10.0 Å². The normalized spacial score (nSPS) is 21.0. The van der Waals surface area contributed by atoms with Gasteiger partial charge in [-0.1, -0.05) is 13.8 Å². The van der Waals surface area contributed by atoms with E-state index in [-0.39, 0.29) is 17.1 Å². The molecule has 1 aromatic heterocycles. The Kier molecular flexibility index (Phi) is 5.43. The van der Waals surface area contributed by atoms with E-state index in [1.54, 1.807) is 6.07 Å². The van der Waals surface area contributed by atoms with Gasteiger partial charge in [-0.05, 0) is 25.5 Å². The van der Waals surface area contributed by atoms with E-state index in [2.05, 4.69) is 10.0 Å². The molecule has 1 saturated heterocycles. The minimum atomic E-state index is -3.61. The molecule has 0 amide bonds. The second-order valence-corrected chi connectivity index (χ2v) is 7.43. The summed E-state index contributed by atoms with van der Waals surface area (Å²) in [5, 5.41) is 3.15. The molecule has 0 saturated carbocycles. The zero-order valence-electron chi connectivity index (χ0n) is 12.8. The third-order valence-corrected chi connectivity index (χ3v) is 5.03. The molecule has 2 unspecified atom stereocenters. The van der Waals surface area contributed by atoms with E-state index in [1.807, 2.05) is 20.8 Å². The Morgan fingerprint density at radius 3 is 2.71 bits per heavy atom. The quantitative estimate of drug-likeness (QED) is 0.796. The summed E-state index contributed by atoms with van der Waals surface area (Å²) in [5.74, 6) is 0.831. The molecule has 2 heterocycles. The lowest BCUT2D eigenvalue weighted by atomic mass is 10.0. The lowest BCUT2D eigenvalue weighted by Gasteiger charge is -2.18. The van der Waals surface area contributed by atoms with Crippen LogP contribution in [0.5, 0.6) is 0 Å². The number of rotatable bonds is 7. The smallest absolute Gasteiger partial charge is 0.274 e. The molecule has 0 aliphatic carbocycles.